The lowest BCUT2D eigenvalue weighted by Crippen LogP contribution is -2.42. The molecular weight excluding hydrogens is 574 g/mol. The summed E-state index contributed by atoms with van der Waals surface area (Å²) in [7, 11) is -3.40. The number of hydrogen-bond acceptors (Lipinski definition) is 7. The van der Waals surface area contributed by atoms with Crippen LogP contribution in [0, 0.1) is 6.92 Å². The smallest absolute Gasteiger partial charge is 0.326 e. The van der Waals surface area contributed by atoms with E-state index in [9.17, 15) is 23.1 Å². The Balaban J connectivity index is 1.60. The number of nitrogens with one attached hydrogen (secondary N) is 1. The van der Waals surface area contributed by atoms with E-state index in [1.807, 2.05) is 37.3 Å². The van der Waals surface area contributed by atoms with Crippen molar-refractivity contribution in [2.24, 2.45) is 0 Å². The number of ether oxygens (including phenoxy) is 2. The predicted molar refractivity (Wildman–Crippen MR) is 166 cm³/mol. The summed E-state index contributed by atoms with van der Waals surface area (Å²) in [6.07, 6.45) is 1.57. The van der Waals surface area contributed by atoms with Crippen molar-refractivity contribution in [3.63, 3.8) is 0 Å². The first-order valence-corrected chi connectivity index (χ1v) is 17.1. The standard InChI is InChI=1S/C32H37NO7S2/c1-4-41-20-30(24-11-10-23-13-15-39-29(23)18-24)40-19-22-9-12-26(27(17-22)25-8-6-5-7-21(25)2)31(34)33-28(32(35)36)14-16-42(3,37)38/h5-12,17-18,28,30H,4,13-16,19-20H2,1-3H3,(H,33,34)(H,35,36)/t28-,30+/m0/s1. The second-order valence-electron chi connectivity index (χ2n) is 10.4. The van der Waals surface area contributed by atoms with Crippen molar-refractivity contribution in [3.05, 3.63) is 88.5 Å². The Morgan fingerprint density at radius 1 is 1.10 bits per heavy atom. The minimum absolute atomic E-state index is 0.152. The van der Waals surface area contributed by atoms with Gasteiger partial charge in [-0.3, -0.25) is 4.79 Å². The second-order valence-corrected chi connectivity index (χ2v) is 14.0. The van der Waals surface area contributed by atoms with E-state index in [1.54, 1.807) is 23.9 Å². The number of carboxylic acids is 1. The number of aryl methyl sites for hydroxylation is 1. The summed E-state index contributed by atoms with van der Waals surface area (Å²) in [6, 6.07) is 18.0. The molecule has 4 rings (SSSR count). The van der Waals surface area contributed by atoms with Crippen LogP contribution in [0.3, 0.4) is 0 Å². The number of carbonyl (C=O) groups is 2. The molecule has 3 aromatic rings. The number of carboxylic acid groups (broad SMARTS) is 1. The molecule has 10 heteroatoms. The molecule has 2 N–H and O–H groups in total. The van der Waals surface area contributed by atoms with Crippen LogP contribution in [0.15, 0.2) is 60.7 Å². The third kappa shape index (κ3) is 8.36. The Hall–Kier alpha value is -3.34. The van der Waals surface area contributed by atoms with E-state index in [0.717, 1.165) is 52.2 Å². The lowest BCUT2D eigenvalue weighted by atomic mass is 9.93. The van der Waals surface area contributed by atoms with Gasteiger partial charge in [-0.05, 0) is 70.7 Å². The van der Waals surface area contributed by atoms with Gasteiger partial charge in [-0.25, -0.2) is 13.2 Å². The van der Waals surface area contributed by atoms with Crippen LogP contribution >= 0.6 is 11.8 Å². The van der Waals surface area contributed by atoms with Crippen molar-refractivity contribution in [3.8, 4) is 16.9 Å². The van der Waals surface area contributed by atoms with Gasteiger partial charge in [0.1, 0.15) is 21.6 Å². The van der Waals surface area contributed by atoms with E-state index >= 15 is 0 Å². The number of rotatable bonds is 14. The molecule has 0 fully saturated rings. The van der Waals surface area contributed by atoms with Gasteiger partial charge < -0.3 is 19.9 Å². The van der Waals surface area contributed by atoms with Gasteiger partial charge in [0.05, 0.1) is 25.1 Å². The molecule has 224 valence electrons. The molecule has 42 heavy (non-hydrogen) atoms. The highest BCUT2D eigenvalue weighted by Gasteiger charge is 2.25. The molecule has 0 unspecified atom stereocenters. The minimum Gasteiger partial charge on any atom is -0.493 e. The molecule has 0 bridgehead atoms. The van der Waals surface area contributed by atoms with E-state index in [-0.39, 0.29) is 18.3 Å². The molecule has 0 radical (unpaired) electrons. The fourth-order valence-electron chi connectivity index (χ4n) is 4.85. The van der Waals surface area contributed by atoms with Crippen molar-refractivity contribution in [1.82, 2.24) is 5.32 Å². The average molecular weight is 612 g/mol. The zero-order valence-electron chi connectivity index (χ0n) is 24.1. The van der Waals surface area contributed by atoms with Crippen LogP contribution in [0.1, 0.15) is 52.1 Å². The number of benzene rings is 3. The maximum Gasteiger partial charge on any atom is 0.326 e. The maximum absolute atomic E-state index is 13.4. The van der Waals surface area contributed by atoms with E-state index in [0.29, 0.717) is 24.3 Å². The van der Waals surface area contributed by atoms with Crippen LogP contribution in [0.25, 0.3) is 11.1 Å². The second kappa shape index (κ2) is 14.2. The van der Waals surface area contributed by atoms with Crippen molar-refractivity contribution < 1.29 is 32.6 Å². The van der Waals surface area contributed by atoms with Crippen LogP contribution < -0.4 is 10.1 Å². The lowest BCUT2D eigenvalue weighted by molar-refractivity contribution is -0.139. The molecule has 8 nitrogen and oxygen atoms in total. The van der Waals surface area contributed by atoms with Crippen molar-refractivity contribution in [2.45, 2.75) is 45.4 Å². The Kier molecular flexibility index (Phi) is 10.7. The van der Waals surface area contributed by atoms with Crippen LogP contribution in [-0.2, 0) is 32.4 Å². The molecule has 0 saturated heterocycles. The Bertz CT molecular complexity index is 1540. The fourth-order valence-corrected chi connectivity index (χ4v) is 6.25. The van der Waals surface area contributed by atoms with Gasteiger partial charge in [0.2, 0.25) is 0 Å². The fraction of sp³-hybridized carbons (Fsp3) is 0.375. The number of carbonyl (C=O) groups excluding carboxylic acids is 1. The van der Waals surface area contributed by atoms with Crippen LogP contribution in [0.2, 0.25) is 0 Å². The number of fused-ring (bicyclic) bond motifs is 1. The molecule has 1 heterocycles. The van der Waals surface area contributed by atoms with E-state index < -0.39 is 27.8 Å². The lowest BCUT2D eigenvalue weighted by Gasteiger charge is -2.20. The van der Waals surface area contributed by atoms with Gasteiger partial charge in [-0.15, -0.1) is 0 Å². The zero-order chi connectivity index (χ0) is 30.3. The summed E-state index contributed by atoms with van der Waals surface area (Å²) in [5, 5.41) is 12.2. The highest BCUT2D eigenvalue weighted by Crippen LogP contribution is 2.33. The van der Waals surface area contributed by atoms with E-state index in [4.69, 9.17) is 9.47 Å². The average Bonchev–Trinajstić information content (AvgIpc) is 3.43. The van der Waals surface area contributed by atoms with Gasteiger partial charge >= 0.3 is 5.97 Å². The van der Waals surface area contributed by atoms with Gasteiger partial charge in [0.25, 0.3) is 5.91 Å². The topological polar surface area (TPSA) is 119 Å². The molecule has 2 atom stereocenters. The number of thioether (sulfide) groups is 1. The minimum atomic E-state index is -3.40. The van der Waals surface area contributed by atoms with Crippen LogP contribution in [0.4, 0.5) is 0 Å². The molecule has 0 saturated carbocycles. The molecule has 0 spiro atoms. The summed E-state index contributed by atoms with van der Waals surface area (Å²) in [5.41, 5.74) is 5.85. The Morgan fingerprint density at radius 3 is 2.60 bits per heavy atom. The monoisotopic (exact) mass is 611 g/mol. The summed E-state index contributed by atoms with van der Waals surface area (Å²) >= 11 is 1.80. The van der Waals surface area contributed by atoms with E-state index in [2.05, 4.69) is 30.4 Å². The van der Waals surface area contributed by atoms with Crippen LogP contribution in [-0.4, -0.2) is 61.6 Å². The first-order valence-electron chi connectivity index (χ1n) is 13.9. The first-order chi connectivity index (χ1) is 20.1. The first kappa shape index (κ1) is 31.6. The molecule has 1 amide bonds. The van der Waals surface area contributed by atoms with Gasteiger partial charge in [-0.2, -0.15) is 11.8 Å². The SMILES string of the molecule is CCSC[C@@H](OCc1ccc(C(=O)N[C@@H](CCS(C)(=O)=O)C(=O)O)c(-c2ccccc2C)c1)c1ccc2c(c1)OCC2. The zero-order valence-corrected chi connectivity index (χ0v) is 25.7. The third-order valence-corrected chi connectivity index (χ3v) is 9.09. The molecule has 0 aromatic heterocycles. The molecule has 3 aromatic carbocycles. The highest BCUT2D eigenvalue weighted by atomic mass is 32.2. The maximum atomic E-state index is 13.4. The van der Waals surface area contributed by atoms with Crippen LogP contribution in [0.5, 0.6) is 5.75 Å². The Morgan fingerprint density at radius 2 is 1.88 bits per heavy atom. The molecular formula is C32H37NO7S2. The number of sulfone groups is 1. The van der Waals surface area contributed by atoms with Gasteiger partial charge in [0, 0.05) is 24.0 Å². The normalized spacial score (nSPS) is 14.1. The summed E-state index contributed by atoms with van der Waals surface area (Å²) in [6.45, 7) is 5.06. The quantitative estimate of drug-likeness (QED) is 0.255. The third-order valence-electron chi connectivity index (χ3n) is 7.16. The predicted octanol–water partition coefficient (Wildman–Crippen LogP) is 5.23. The van der Waals surface area contributed by atoms with Crippen molar-refractivity contribution in [2.75, 3.05) is 30.1 Å². The van der Waals surface area contributed by atoms with Crippen molar-refractivity contribution in [1.29, 1.82) is 0 Å². The summed E-state index contributed by atoms with van der Waals surface area (Å²) in [4.78, 5) is 25.2. The Labute approximate surface area is 251 Å². The van der Waals surface area contributed by atoms with Gasteiger partial charge in [0.15, 0.2) is 0 Å². The summed E-state index contributed by atoms with van der Waals surface area (Å²) in [5.74, 6) is 0.434. The molecule has 1 aliphatic heterocycles. The summed E-state index contributed by atoms with van der Waals surface area (Å²) < 4.78 is 35.4. The number of amides is 1. The van der Waals surface area contributed by atoms with Gasteiger partial charge in [-0.1, -0.05) is 49.4 Å². The molecule has 1 aliphatic rings. The number of hydrogen-bond donors (Lipinski definition) is 2. The molecule has 0 aliphatic carbocycles. The van der Waals surface area contributed by atoms with E-state index in [1.165, 1.54) is 5.56 Å². The highest BCUT2D eigenvalue weighted by molar-refractivity contribution is 7.99. The largest absolute Gasteiger partial charge is 0.493 e. The number of aliphatic carboxylic acids is 1. The van der Waals surface area contributed by atoms with Crippen molar-refractivity contribution >= 4 is 33.5 Å².